The molecular weight excluding hydrogens is 473 g/mol. The maximum atomic E-state index is 13.3. The Morgan fingerprint density at radius 2 is 1.77 bits per heavy atom. The number of aryl methyl sites for hydroxylation is 1. The van der Waals surface area contributed by atoms with Gasteiger partial charge in [-0.05, 0) is 56.0 Å². The molecule has 2 heterocycles. The number of phenols is 1. The second-order valence-corrected chi connectivity index (χ2v) is 11.5. The number of hydrogen-bond acceptors (Lipinski definition) is 6. The molecule has 0 radical (unpaired) electrons. The zero-order valence-corrected chi connectivity index (χ0v) is 20.8. The molecule has 2 aromatic carbocycles. The lowest BCUT2D eigenvalue weighted by Gasteiger charge is -2.21. The second kappa shape index (κ2) is 8.69. The van der Waals surface area contributed by atoms with E-state index in [4.69, 9.17) is 0 Å². The lowest BCUT2D eigenvalue weighted by molar-refractivity contribution is 0.0657. The second-order valence-electron chi connectivity index (χ2n) is 9.47. The molecule has 0 spiro atoms. The zero-order chi connectivity index (χ0) is 25.7. The third-order valence-corrected chi connectivity index (χ3v) is 7.24. The summed E-state index contributed by atoms with van der Waals surface area (Å²) in [6, 6.07) is 7.78. The highest BCUT2D eigenvalue weighted by atomic mass is 32.2. The number of anilines is 1. The first-order valence-electron chi connectivity index (χ1n) is 11.0. The fourth-order valence-corrected chi connectivity index (χ4v) is 4.63. The Labute approximate surface area is 202 Å². The van der Waals surface area contributed by atoms with Gasteiger partial charge in [0.15, 0.2) is 5.75 Å². The van der Waals surface area contributed by atoms with Gasteiger partial charge in [0.05, 0.1) is 22.9 Å². The number of phenolic OH excluding ortho intramolecular Hbond substituents is 1. The number of halogens is 1. The average Bonchev–Trinajstić information content (AvgIpc) is 3.09. The lowest BCUT2D eigenvalue weighted by Crippen LogP contribution is -2.25. The van der Waals surface area contributed by atoms with Crippen LogP contribution < -0.4 is 4.31 Å². The molecule has 0 bridgehead atoms. The van der Waals surface area contributed by atoms with Gasteiger partial charge in [0.25, 0.3) is 0 Å². The molecule has 3 N–H and O–H groups in total. The maximum absolute atomic E-state index is 13.3. The SMILES string of the molecule is CN(c1c2cc(Cc3ccc(F)cc3)cnc2c(O)c2c(O)n(CCC(C)(C)O)cc12)S(C)(=O)=O. The number of rotatable bonds is 7. The van der Waals surface area contributed by atoms with Gasteiger partial charge in [-0.25, -0.2) is 12.8 Å². The van der Waals surface area contributed by atoms with Gasteiger partial charge in [0.2, 0.25) is 15.9 Å². The van der Waals surface area contributed by atoms with Crippen molar-refractivity contribution in [2.24, 2.45) is 0 Å². The number of benzene rings is 2. The molecule has 0 aliphatic carbocycles. The number of hydrogen-bond donors (Lipinski definition) is 3. The monoisotopic (exact) mass is 501 g/mol. The summed E-state index contributed by atoms with van der Waals surface area (Å²) in [6.45, 7) is 3.54. The van der Waals surface area contributed by atoms with E-state index in [9.17, 15) is 28.1 Å². The van der Waals surface area contributed by atoms with Gasteiger partial charge in [0, 0.05) is 36.8 Å². The summed E-state index contributed by atoms with van der Waals surface area (Å²) in [7, 11) is -2.31. The number of aromatic nitrogens is 2. The maximum Gasteiger partial charge on any atom is 0.232 e. The minimum absolute atomic E-state index is 0.0810. The third kappa shape index (κ3) is 4.89. The van der Waals surface area contributed by atoms with Crippen LogP contribution in [-0.4, -0.2) is 52.2 Å². The van der Waals surface area contributed by atoms with Crippen LogP contribution >= 0.6 is 0 Å². The molecule has 0 saturated carbocycles. The van der Waals surface area contributed by atoms with E-state index in [-0.39, 0.29) is 40.6 Å². The molecular formula is C25H28FN3O5S. The van der Waals surface area contributed by atoms with Crippen molar-refractivity contribution in [1.29, 1.82) is 0 Å². The van der Waals surface area contributed by atoms with Crippen LogP contribution in [0.4, 0.5) is 10.1 Å². The topological polar surface area (TPSA) is 116 Å². The van der Waals surface area contributed by atoms with Crippen LogP contribution in [0.1, 0.15) is 31.4 Å². The molecule has 0 aliphatic heterocycles. The Morgan fingerprint density at radius 1 is 1.11 bits per heavy atom. The number of sulfonamides is 1. The van der Waals surface area contributed by atoms with Crippen LogP contribution in [0.5, 0.6) is 11.6 Å². The van der Waals surface area contributed by atoms with Crippen molar-refractivity contribution in [2.45, 2.75) is 38.8 Å². The predicted octanol–water partition coefficient (Wildman–Crippen LogP) is 3.89. The highest BCUT2D eigenvalue weighted by Gasteiger charge is 2.27. The third-order valence-electron chi connectivity index (χ3n) is 6.06. The molecule has 0 fully saturated rings. The van der Waals surface area contributed by atoms with Crippen molar-refractivity contribution < 1.29 is 28.1 Å². The molecule has 0 saturated heterocycles. The minimum atomic E-state index is -3.72. The molecule has 0 unspecified atom stereocenters. The van der Waals surface area contributed by atoms with Gasteiger partial charge in [-0.15, -0.1) is 0 Å². The highest BCUT2D eigenvalue weighted by Crippen LogP contribution is 2.46. The number of aromatic hydroxyl groups is 2. The molecule has 8 nitrogen and oxygen atoms in total. The van der Waals surface area contributed by atoms with E-state index < -0.39 is 15.6 Å². The molecule has 4 rings (SSSR count). The Morgan fingerprint density at radius 3 is 2.37 bits per heavy atom. The molecule has 35 heavy (non-hydrogen) atoms. The lowest BCUT2D eigenvalue weighted by atomic mass is 10.0. The van der Waals surface area contributed by atoms with Crippen LogP contribution in [0.3, 0.4) is 0 Å². The fourth-order valence-electron chi connectivity index (χ4n) is 4.10. The fraction of sp³-hybridized carbons (Fsp3) is 0.320. The number of aliphatic hydroxyl groups is 1. The molecule has 186 valence electrons. The molecule has 0 atom stereocenters. The first-order valence-corrected chi connectivity index (χ1v) is 12.9. The van der Waals surface area contributed by atoms with Gasteiger partial charge in [-0.2, -0.15) is 0 Å². The summed E-state index contributed by atoms with van der Waals surface area (Å²) in [4.78, 5) is 4.40. The first-order chi connectivity index (χ1) is 16.3. The Balaban J connectivity index is 1.96. The van der Waals surface area contributed by atoms with Gasteiger partial charge < -0.3 is 19.9 Å². The standard InChI is InChI=1S/C25H28FN3O5S/c1-25(2,32)9-10-29-14-19-20(24(29)31)23(30)21-18(22(19)28(3)35(4,33)34)12-16(13-27-21)11-15-5-7-17(26)8-6-15/h5-8,12-14,30-32H,9-11H2,1-4H3. The van der Waals surface area contributed by atoms with Crippen molar-refractivity contribution in [1.82, 2.24) is 9.55 Å². The molecule has 4 aromatic rings. The Bertz CT molecular complexity index is 1520. The van der Waals surface area contributed by atoms with Crippen molar-refractivity contribution in [3.63, 3.8) is 0 Å². The van der Waals surface area contributed by atoms with Crippen LogP contribution in [0.15, 0.2) is 42.7 Å². The summed E-state index contributed by atoms with van der Waals surface area (Å²) in [6.07, 6.45) is 4.93. The van der Waals surface area contributed by atoms with E-state index in [0.29, 0.717) is 23.6 Å². The number of pyridine rings is 1. The summed E-state index contributed by atoms with van der Waals surface area (Å²) in [5.74, 6) is -0.860. The van der Waals surface area contributed by atoms with Crippen molar-refractivity contribution in [3.8, 4) is 11.6 Å². The van der Waals surface area contributed by atoms with Gasteiger partial charge in [0.1, 0.15) is 11.3 Å². The smallest absolute Gasteiger partial charge is 0.232 e. The van der Waals surface area contributed by atoms with Gasteiger partial charge in [-0.1, -0.05) is 12.1 Å². The van der Waals surface area contributed by atoms with E-state index >= 15 is 0 Å². The quantitative estimate of drug-likeness (QED) is 0.354. The summed E-state index contributed by atoms with van der Waals surface area (Å²) >= 11 is 0. The van der Waals surface area contributed by atoms with E-state index in [1.165, 1.54) is 23.7 Å². The van der Waals surface area contributed by atoms with Crippen LogP contribution in [-0.2, 0) is 23.0 Å². The summed E-state index contributed by atoms with van der Waals surface area (Å²) < 4.78 is 41.0. The zero-order valence-electron chi connectivity index (χ0n) is 19.9. The molecule has 2 aromatic heterocycles. The largest absolute Gasteiger partial charge is 0.505 e. The highest BCUT2D eigenvalue weighted by molar-refractivity contribution is 7.92. The van der Waals surface area contributed by atoms with Crippen LogP contribution in [0, 0.1) is 5.82 Å². The van der Waals surface area contributed by atoms with Crippen molar-refractivity contribution >= 4 is 37.4 Å². The van der Waals surface area contributed by atoms with E-state index in [1.54, 1.807) is 44.4 Å². The van der Waals surface area contributed by atoms with Crippen molar-refractivity contribution in [2.75, 3.05) is 17.6 Å². The van der Waals surface area contributed by atoms with Crippen molar-refractivity contribution in [3.05, 3.63) is 59.7 Å². The summed E-state index contributed by atoms with van der Waals surface area (Å²) in [5.41, 5.74) is 0.990. The number of nitrogens with zero attached hydrogens (tertiary/aromatic N) is 3. The van der Waals surface area contributed by atoms with E-state index in [0.717, 1.165) is 21.7 Å². The summed E-state index contributed by atoms with van der Waals surface area (Å²) in [5, 5.41) is 32.9. The van der Waals surface area contributed by atoms with E-state index in [1.807, 2.05) is 0 Å². The van der Waals surface area contributed by atoms with Crippen LogP contribution in [0.25, 0.3) is 21.7 Å². The predicted molar refractivity (Wildman–Crippen MR) is 134 cm³/mol. The molecule has 0 aliphatic rings. The minimum Gasteiger partial charge on any atom is -0.505 e. The van der Waals surface area contributed by atoms with Gasteiger partial charge >= 0.3 is 0 Å². The molecule has 10 heteroatoms. The average molecular weight is 502 g/mol. The molecule has 0 amide bonds. The number of fused-ring (bicyclic) bond motifs is 2. The first kappa shape index (κ1) is 24.7. The Kier molecular flexibility index (Phi) is 6.14. The Hall–Kier alpha value is -3.37. The normalized spacial score (nSPS) is 12.5. The van der Waals surface area contributed by atoms with E-state index in [2.05, 4.69) is 4.98 Å². The van der Waals surface area contributed by atoms with Crippen LogP contribution in [0.2, 0.25) is 0 Å². The van der Waals surface area contributed by atoms with Gasteiger partial charge in [-0.3, -0.25) is 9.29 Å².